The third-order valence-corrected chi connectivity index (χ3v) is 6.40. The van der Waals surface area contributed by atoms with E-state index in [1.54, 1.807) is 0 Å². The molecule has 2 aromatic carbocycles. The molecule has 1 fully saturated rings. The van der Waals surface area contributed by atoms with E-state index in [0.717, 1.165) is 22.3 Å². The molecule has 9 heteroatoms. The van der Waals surface area contributed by atoms with E-state index in [1.807, 2.05) is 36.4 Å². The highest BCUT2D eigenvalue weighted by Crippen LogP contribution is 2.44. The van der Waals surface area contributed by atoms with Crippen LogP contribution >= 0.6 is 0 Å². The van der Waals surface area contributed by atoms with Crippen molar-refractivity contribution in [2.24, 2.45) is 11.8 Å². The molecule has 0 unspecified atom stereocenters. The van der Waals surface area contributed by atoms with Crippen molar-refractivity contribution in [1.29, 1.82) is 0 Å². The third-order valence-electron chi connectivity index (χ3n) is 6.40. The van der Waals surface area contributed by atoms with Gasteiger partial charge in [0.05, 0.1) is 12.5 Å². The first-order chi connectivity index (χ1) is 16.5. The monoisotopic (exact) mass is 461 g/mol. The van der Waals surface area contributed by atoms with E-state index in [-0.39, 0.29) is 42.8 Å². The van der Waals surface area contributed by atoms with Gasteiger partial charge in [-0.05, 0) is 34.6 Å². The number of benzene rings is 2. The summed E-state index contributed by atoms with van der Waals surface area (Å²) in [5.41, 5.74) is 4.97. The second-order valence-corrected chi connectivity index (χ2v) is 8.50. The Hall–Kier alpha value is -4.14. The summed E-state index contributed by atoms with van der Waals surface area (Å²) < 4.78 is 10.4. The van der Waals surface area contributed by atoms with E-state index in [4.69, 9.17) is 14.4 Å². The fraction of sp³-hybridized carbons (Fsp3) is 0.280. The number of alkyl carbamates (subject to hydrolysis) is 1. The fourth-order valence-electron chi connectivity index (χ4n) is 4.47. The van der Waals surface area contributed by atoms with Crippen molar-refractivity contribution in [2.75, 3.05) is 13.2 Å². The fourth-order valence-corrected chi connectivity index (χ4v) is 4.47. The molecule has 0 aliphatic heterocycles. The summed E-state index contributed by atoms with van der Waals surface area (Å²) in [6.45, 7) is 0.398. The number of fused-ring (bicyclic) bond motifs is 3. The molecule has 174 valence electrons. The number of hydrogen-bond acceptors (Lipinski definition) is 6. The molecule has 0 spiro atoms. The van der Waals surface area contributed by atoms with Gasteiger partial charge in [0, 0.05) is 12.5 Å². The van der Waals surface area contributed by atoms with Crippen LogP contribution in [0.3, 0.4) is 0 Å². The van der Waals surface area contributed by atoms with E-state index in [9.17, 15) is 14.4 Å². The van der Waals surface area contributed by atoms with Crippen LogP contribution in [0.4, 0.5) is 4.79 Å². The highest BCUT2D eigenvalue weighted by atomic mass is 16.5. The number of carboxylic acid groups (broad SMARTS) is 1. The Morgan fingerprint density at radius 3 is 2.35 bits per heavy atom. The van der Waals surface area contributed by atoms with Gasteiger partial charge in [-0.1, -0.05) is 53.7 Å². The number of carbonyl (C=O) groups is 3. The van der Waals surface area contributed by atoms with Gasteiger partial charge in [0.1, 0.15) is 24.1 Å². The maximum absolute atomic E-state index is 12.4. The summed E-state index contributed by atoms with van der Waals surface area (Å²) in [4.78, 5) is 35.7. The third kappa shape index (κ3) is 4.24. The van der Waals surface area contributed by atoms with Gasteiger partial charge < -0.3 is 25.0 Å². The van der Waals surface area contributed by atoms with Gasteiger partial charge in [-0.15, -0.1) is 0 Å². The number of carboxylic acids is 1. The first-order valence-electron chi connectivity index (χ1n) is 11.1. The van der Waals surface area contributed by atoms with Crippen LogP contribution in [0.25, 0.3) is 11.1 Å². The van der Waals surface area contributed by atoms with Gasteiger partial charge in [0.25, 0.3) is 5.91 Å². The molecule has 2 aliphatic carbocycles. The molecule has 34 heavy (non-hydrogen) atoms. The Kier molecular flexibility index (Phi) is 5.75. The minimum absolute atomic E-state index is 0.0445. The van der Waals surface area contributed by atoms with Crippen molar-refractivity contribution < 1.29 is 28.8 Å². The molecule has 5 rings (SSSR count). The second-order valence-electron chi connectivity index (χ2n) is 8.50. The molecule has 2 aliphatic rings. The molecule has 0 radical (unpaired) electrons. The van der Waals surface area contributed by atoms with Crippen LogP contribution in [0.15, 0.2) is 59.3 Å². The van der Waals surface area contributed by atoms with Crippen LogP contribution in [0, 0.1) is 11.8 Å². The van der Waals surface area contributed by atoms with Crippen LogP contribution in [-0.2, 0) is 16.1 Å². The topological polar surface area (TPSA) is 131 Å². The first kappa shape index (κ1) is 21.7. The highest BCUT2D eigenvalue weighted by Gasteiger charge is 2.43. The molecular formula is C25H23N3O6. The van der Waals surface area contributed by atoms with E-state index in [1.165, 1.54) is 6.26 Å². The predicted octanol–water partition coefficient (Wildman–Crippen LogP) is 3.16. The number of nitrogens with zero attached hydrogens (tertiary/aromatic N) is 1. The number of aromatic nitrogens is 1. The number of aliphatic carboxylic acids is 1. The second kappa shape index (κ2) is 9.01. The van der Waals surface area contributed by atoms with E-state index in [2.05, 4.69) is 27.9 Å². The predicted molar refractivity (Wildman–Crippen MR) is 120 cm³/mol. The molecule has 0 bridgehead atoms. The largest absolute Gasteiger partial charge is 0.481 e. The number of carbonyl (C=O) groups excluding carboxylic acids is 2. The Morgan fingerprint density at radius 2 is 1.71 bits per heavy atom. The number of amides is 2. The van der Waals surface area contributed by atoms with E-state index >= 15 is 0 Å². The molecule has 2 atom stereocenters. The summed E-state index contributed by atoms with van der Waals surface area (Å²) in [5, 5.41) is 18.1. The van der Waals surface area contributed by atoms with Crippen molar-refractivity contribution in [1.82, 2.24) is 15.8 Å². The maximum Gasteiger partial charge on any atom is 0.407 e. The van der Waals surface area contributed by atoms with Crippen molar-refractivity contribution >= 4 is 18.0 Å². The van der Waals surface area contributed by atoms with Crippen molar-refractivity contribution in [3.8, 4) is 11.1 Å². The molecule has 1 saturated carbocycles. The highest BCUT2D eigenvalue weighted by molar-refractivity contribution is 5.95. The van der Waals surface area contributed by atoms with E-state index < -0.39 is 23.9 Å². The van der Waals surface area contributed by atoms with Crippen molar-refractivity contribution in [3.05, 3.63) is 77.2 Å². The Bertz CT molecular complexity index is 1210. The molecule has 0 saturated heterocycles. The Labute approximate surface area is 195 Å². The van der Waals surface area contributed by atoms with Crippen LogP contribution in [0.5, 0.6) is 0 Å². The maximum atomic E-state index is 12.4. The number of hydrogen-bond donors (Lipinski definition) is 3. The smallest absolute Gasteiger partial charge is 0.407 e. The minimum atomic E-state index is -0.850. The number of nitrogens with one attached hydrogen (secondary N) is 2. The normalized spacial score (nSPS) is 18.0. The molecule has 1 heterocycles. The van der Waals surface area contributed by atoms with Gasteiger partial charge in [-0.3, -0.25) is 9.59 Å². The van der Waals surface area contributed by atoms with Gasteiger partial charge in [-0.2, -0.15) is 0 Å². The average Bonchev–Trinajstić information content (AvgIpc) is 3.36. The molecule has 3 N–H and O–H groups in total. The van der Waals surface area contributed by atoms with Gasteiger partial charge in [0.2, 0.25) is 0 Å². The van der Waals surface area contributed by atoms with Crippen molar-refractivity contribution in [2.45, 2.75) is 18.9 Å². The standard InChI is InChI=1S/C25H23N3O6/c29-23(26-10-14-9-19(14)24(30)31)21-13-34-28-22(21)11-27-25(32)33-12-20-17-7-3-1-5-15(17)16-6-2-4-8-18(16)20/h1-8,13-14,19-20H,9-12H2,(H,26,29)(H,27,32)(H,30,31)/t14-,19-/m1/s1. The minimum Gasteiger partial charge on any atom is -0.481 e. The lowest BCUT2D eigenvalue weighted by Gasteiger charge is -2.14. The summed E-state index contributed by atoms with van der Waals surface area (Å²) in [6, 6.07) is 16.1. The molecule has 3 aromatic rings. The molecule has 1 aromatic heterocycles. The Balaban J connectivity index is 1.14. The van der Waals surface area contributed by atoms with E-state index in [0.29, 0.717) is 6.42 Å². The summed E-state index contributed by atoms with van der Waals surface area (Å²) in [7, 11) is 0. The van der Waals surface area contributed by atoms with Crippen LogP contribution in [-0.4, -0.2) is 41.4 Å². The lowest BCUT2D eigenvalue weighted by Crippen LogP contribution is -2.29. The zero-order valence-electron chi connectivity index (χ0n) is 18.2. The van der Waals surface area contributed by atoms with Crippen molar-refractivity contribution in [3.63, 3.8) is 0 Å². The van der Waals surface area contributed by atoms with Gasteiger partial charge >= 0.3 is 12.1 Å². The van der Waals surface area contributed by atoms with Crippen LogP contribution in [0.2, 0.25) is 0 Å². The number of ether oxygens (including phenoxy) is 1. The zero-order valence-corrected chi connectivity index (χ0v) is 18.2. The van der Waals surface area contributed by atoms with Crippen LogP contribution < -0.4 is 10.6 Å². The summed E-state index contributed by atoms with van der Waals surface area (Å²) in [5.74, 6) is -1.80. The lowest BCUT2D eigenvalue weighted by molar-refractivity contribution is -0.138. The lowest BCUT2D eigenvalue weighted by atomic mass is 9.98. The molecule has 2 amide bonds. The SMILES string of the molecule is O=C(NCc1nocc1C(=O)NC[C@H]1C[C@H]1C(=O)O)OCC1c2ccccc2-c2ccccc21. The number of rotatable bonds is 8. The molecular weight excluding hydrogens is 438 g/mol. The van der Waals surface area contributed by atoms with Crippen LogP contribution in [0.1, 0.15) is 39.5 Å². The summed E-state index contributed by atoms with van der Waals surface area (Å²) in [6.07, 6.45) is 1.12. The quantitative estimate of drug-likeness (QED) is 0.470. The zero-order chi connectivity index (χ0) is 23.7. The average molecular weight is 461 g/mol. The van der Waals surface area contributed by atoms with Gasteiger partial charge in [0.15, 0.2) is 0 Å². The Morgan fingerprint density at radius 1 is 1.03 bits per heavy atom. The first-order valence-corrected chi connectivity index (χ1v) is 11.1. The van der Waals surface area contributed by atoms with Gasteiger partial charge in [-0.25, -0.2) is 4.79 Å². The summed E-state index contributed by atoms with van der Waals surface area (Å²) >= 11 is 0. The molecule has 9 nitrogen and oxygen atoms in total.